The maximum Gasteiger partial charge on any atom is 0.332 e. The third-order valence-corrected chi connectivity index (χ3v) is 1.51. The van der Waals surface area contributed by atoms with Gasteiger partial charge < -0.3 is 15.4 Å². The van der Waals surface area contributed by atoms with Gasteiger partial charge in [-0.15, -0.1) is 6.42 Å². The Morgan fingerprint density at radius 1 is 1.64 bits per heavy atom. The molecule has 5 heteroatoms. The Hall–Kier alpha value is -1.54. The summed E-state index contributed by atoms with van der Waals surface area (Å²) in [5.41, 5.74) is 5.34. The van der Waals surface area contributed by atoms with Crippen LogP contribution in [-0.2, 0) is 14.3 Å². The second kappa shape index (κ2) is 6.00. The number of rotatable bonds is 4. The highest BCUT2D eigenvalue weighted by Gasteiger charge is 2.25. The zero-order chi connectivity index (χ0) is 11.1. The highest BCUT2D eigenvalue weighted by molar-refractivity contribution is 6.01. The van der Waals surface area contributed by atoms with Gasteiger partial charge in [0.2, 0.25) is 0 Å². The van der Waals surface area contributed by atoms with E-state index in [2.05, 4.69) is 10.7 Å². The normalized spacial score (nSPS) is 11.3. The minimum atomic E-state index is -1.28. The zero-order valence-electron chi connectivity index (χ0n) is 8.32. The molecule has 0 saturated heterocycles. The van der Waals surface area contributed by atoms with E-state index in [1.807, 2.05) is 0 Å². The molecule has 0 aromatic rings. The first kappa shape index (κ1) is 12.5. The van der Waals surface area contributed by atoms with Crippen LogP contribution in [0.25, 0.3) is 0 Å². The number of carbonyl (C=O) groups excluding carboxylic acids is 2. The standard InChI is InChI=1S/C9H14N2O3/c1-4-6-11(3)8(12)7(10)9(13)14-5-2/h1,7H,5-6,10H2,2-3H3. The lowest BCUT2D eigenvalue weighted by Gasteiger charge is -2.17. The number of amides is 1. The van der Waals surface area contributed by atoms with Crippen LogP contribution in [0.15, 0.2) is 0 Å². The molecule has 0 aromatic heterocycles. The number of nitrogens with zero attached hydrogens (tertiary/aromatic N) is 1. The molecule has 0 spiro atoms. The second-order valence-electron chi connectivity index (χ2n) is 2.63. The van der Waals surface area contributed by atoms with E-state index in [1.165, 1.54) is 11.9 Å². The molecule has 0 radical (unpaired) electrons. The van der Waals surface area contributed by atoms with Crippen molar-refractivity contribution in [3.8, 4) is 12.3 Å². The largest absolute Gasteiger partial charge is 0.464 e. The van der Waals surface area contributed by atoms with Gasteiger partial charge in [0.1, 0.15) is 0 Å². The summed E-state index contributed by atoms with van der Waals surface area (Å²) in [6, 6.07) is -1.28. The molecule has 78 valence electrons. The van der Waals surface area contributed by atoms with Gasteiger partial charge in [-0.25, -0.2) is 4.79 Å². The van der Waals surface area contributed by atoms with Gasteiger partial charge >= 0.3 is 5.97 Å². The van der Waals surface area contributed by atoms with Crippen molar-refractivity contribution in [1.29, 1.82) is 0 Å². The van der Waals surface area contributed by atoms with Gasteiger partial charge in [0.25, 0.3) is 5.91 Å². The molecule has 0 aliphatic heterocycles. The molecule has 1 amide bonds. The number of terminal acetylenes is 1. The van der Waals surface area contributed by atoms with Gasteiger partial charge in [-0.05, 0) is 6.92 Å². The van der Waals surface area contributed by atoms with Gasteiger partial charge in [-0.3, -0.25) is 4.79 Å². The summed E-state index contributed by atoms with van der Waals surface area (Å²) in [5, 5.41) is 0. The molecule has 0 aromatic carbocycles. The zero-order valence-corrected chi connectivity index (χ0v) is 8.32. The third-order valence-electron chi connectivity index (χ3n) is 1.51. The number of esters is 1. The molecule has 0 rings (SSSR count). The van der Waals surface area contributed by atoms with E-state index in [9.17, 15) is 9.59 Å². The fourth-order valence-electron chi connectivity index (χ4n) is 0.785. The minimum Gasteiger partial charge on any atom is -0.464 e. The molecule has 1 atom stereocenters. The lowest BCUT2D eigenvalue weighted by Crippen LogP contribution is -2.47. The van der Waals surface area contributed by atoms with E-state index in [-0.39, 0.29) is 13.2 Å². The summed E-state index contributed by atoms with van der Waals surface area (Å²) in [6.07, 6.45) is 5.00. The average Bonchev–Trinajstić information content (AvgIpc) is 2.16. The molecule has 0 bridgehead atoms. The number of ether oxygens (including phenoxy) is 1. The van der Waals surface area contributed by atoms with Crippen LogP contribution in [0, 0.1) is 12.3 Å². The van der Waals surface area contributed by atoms with Crippen molar-refractivity contribution in [2.45, 2.75) is 13.0 Å². The summed E-state index contributed by atoms with van der Waals surface area (Å²) in [7, 11) is 1.47. The first-order valence-corrected chi connectivity index (χ1v) is 4.15. The summed E-state index contributed by atoms with van der Waals surface area (Å²) >= 11 is 0. The van der Waals surface area contributed by atoms with Crippen LogP contribution in [0.2, 0.25) is 0 Å². The first-order chi connectivity index (χ1) is 6.54. The molecule has 0 aliphatic carbocycles. The van der Waals surface area contributed by atoms with Crippen molar-refractivity contribution < 1.29 is 14.3 Å². The Labute approximate surface area is 83.2 Å². The monoisotopic (exact) mass is 198 g/mol. The van der Waals surface area contributed by atoms with Gasteiger partial charge in [-0.2, -0.15) is 0 Å². The Balaban J connectivity index is 4.25. The maximum absolute atomic E-state index is 11.4. The molecule has 0 fully saturated rings. The average molecular weight is 198 g/mol. The van der Waals surface area contributed by atoms with Gasteiger partial charge in [0.15, 0.2) is 6.04 Å². The SMILES string of the molecule is C#CCN(C)C(=O)C(N)C(=O)OCC. The highest BCUT2D eigenvalue weighted by atomic mass is 16.5. The second-order valence-corrected chi connectivity index (χ2v) is 2.63. The number of carbonyl (C=O) groups is 2. The van der Waals surface area contributed by atoms with Crippen LogP contribution in [0.4, 0.5) is 0 Å². The molecule has 1 unspecified atom stereocenters. The molecule has 2 N–H and O–H groups in total. The fourth-order valence-corrected chi connectivity index (χ4v) is 0.785. The van der Waals surface area contributed by atoms with Crippen molar-refractivity contribution >= 4 is 11.9 Å². The lowest BCUT2D eigenvalue weighted by atomic mass is 10.3. The molecular formula is C9H14N2O3. The predicted octanol–water partition coefficient (Wildman–Crippen LogP) is -1.03. The van der Waals surface area contributed by atoms with Crippen molar-refractivity contribution in [3.63, 3.8) is 0 Å². The Morgan fingerprint density at radius 3 is 2.64 bits per heavy atom. The van der Waals surface area contributed by atoms with Gasteiger partial charge in [-0.1, -0.05) is 5.92 Å². The highest BCUT2D eigenvalue weighted by Crippen LogP contribution is 1.92. The minimum absolute atomic E-state index is 0.117. The molecule has 14 heavy (non-hydrogen) atoms. The third kappa shape index (κ3) is 3.46. The molecule has 0 heterocycles. The molecule has 0 saturated carbocycles. The fraction of sp³-hybridized carbons (Fsp3) is 0.556. The topological polar surface area (TPSA) is 72.6 Å². The maximum atomic E-state index is 11.4. The van der Waals surface area contributed by atoms with Crippen LogP contribution < -0.4 is 5.73 Å². The van der Waals surface area contributed by atoms with Crippen molar-refractivity contribution in [3.05, 3.63) is 0 Å². The van der Waals surface area contributed by atoms with E-state index < -0.39 is 17.9 Å². The number of nitrogens with two attached hydrogens (primary N) is 1. The van der Waals surface area contributed by atoms with E-state index in [0.29, 0.717) is 0 Å². The quantitative estimate of drug-likeness (QED) is 0.356. The summed E-state index contributed by atoms with van der Waals surface area (Å²) in [6.45, 7) is 1.95. The van der Waals surface area contributed by atoms with Crippen LogP contribution in [0.5, 0.6) is 0 Å². The number of likely N-dealkylation sites (N-methyl/N-ethyl adjacent to an activating group) is 1. The van der Waals surface area contributed by atoms with Crippen LogP contribution in [0.1, 0.15) is 6.92 Å². The van der Waals surface area contributed by atoms with E-state index >= 15 is 0 Å². The Kier molecular flexibility index (Phi) is 5.34. The van der Waals surface area contributed by atoms with Crippen LogP contribution >= 0.6 is 0 Å². The molecule has 0 aliphatic rings. The summed E-state index contributed by atoms with van der Waals surface area (Å²) in [5.74, 6) is 0.996. The van der Waals surface area contributed by atoms with Crippen molar-refractivity contribution in [1.82, 2.24) is 4.90 Å². The van der Waals surface area contributed by atoms with Gasteiger partial charge in [0, 0.05) is 7.05 Å². The van der Waals surface area contributed by atoms with E-state index in [0.717, 1.165) is 0 Å². The summed E-state index contributed by atoms with van der Waals surface area (Å²) in [4.78, 5) is 23.6. The first-order valence-electron chi connectivity index (χ1n) is 4.15. The number of hydrogen-bond acceptors (Lipinski definition) is 4. The van der Waals surface area contributed by atoms with Crippen LogP contribution in [0.3, 0.4) is 0 Å². The molecular weight excluding hydrogens is 184 g/mol. The van der Waals surface area contributed by atoms with Crippen molar-refractivity contribution in [2.24, 2.45) is 5.73 Å². The van der Waals surface area contributed by atoms with E-state index in [1.54, 1.807) is 6.92 Å². The molecule has 5 nitrogen and oxygen atoms in total. The summed E-state index contributed by atoms with van der Waals surface area (Å²) < 4.78 is 4.59. The Bertz CT molecular complexity index is 257. The lowest BCUT2D eigenvalue weighted by molar-refractivity contribution is -0.150. The number of hydrogen-bond donors (Lipinski definition) is 1. The van der Waals surface area contributed by atoms with Gasteiger partial charge in [0.05, 0.1) is 13.2 Å². The van der Waals surface area contributed by atoms with Crippen LogP contribution in [-0.4, -0.2) is 43.0 Å². The van der Waals surface area contributed by atoms with E-state index in [4.69, 9.17) is 12.2 Å². The predicted molar refractivity (Wildman–Crippen MR) is 51.1 cm³/mol. The Morgan fingerprint density at radius 2 is 2.21 bits per heavy atom. The smallest absolute Gasteiger partial charge is 0.332 e. The van der Waals surface area contributed by atoms with Crippen molar-refractivity contribution in [2.75, 3.05) is 20.2 Å².